The molecular weight excluding hydrogens is 318 g/mol. The lowest BCUT2D eigenvalue weighted by Gasteiger charge is -2.69. The van der Waals surface area contributed by atoms with Crippen LogP contribution in [0.5, 0.6) is 5.88 Å². The minimum atomic E-state index is -2.53. The van der Waals surface area contributed by atoms with Gasteiger partial charge in [-0.15, -0.1) is 0 Å². The highest BCUT2D eigenvalue weighted by molar-refractivity contribution is 5.69. The van der Waals surface area contributed by atoms with Gasteiger partial charge in [0.1, 0.15) is 5.60 Å². The van der Waals surface area contributed by atoms with Crippen LogP contribution in [0.2, 0.25) is 0 Å². The molecular formula is C17H22F2N2O3. The van der Waals surface area contributed by atoms with Crippen LogP contribution in [-0.4, -0.2) is 28.8 Å². The number of aromatic nitrogens is 1. The van der Waals surface area contributed by atoms with Crippen LogP contribution < -0.4 is 10.1 Å². The lowest BCUT2D eigenvalue weighted by Crippen LogP contribution is -2.76. The summed E-state index contributed by atoms with van der Waals surface area (Å²) in [5, 5.41) is 2.94. The van der Waals surface area contributed by atoms with Gasteiger partial charge in [-0.2, -0.15) is 0 Å². The molecule has 0 aromatic carbocycles. The predicted octanol–water partition coefficient (Wildman–Crippen LogP) is 3.85. The molecule has 24 heavy (non-hydrogen) atoms. The Morgan fingerprint density at radius 2 is 2.00 bits per heavy atom. The van der Waals surface area contributed by atoms with Gasteiger partial charge < -0.3 is 14.8 Å². The molecule has 0 aliphatic heterocycles. The first-order valence-electron chi connectivity index (χ1n) is 7.99. The van der Waals surface area contributed by atoms with Crippen molar-refractivity contribution in [3.05, 3.63) is 23.9 Å². The van der Waals surface area contributed by atoms with Crippen molar-refractivity contribution in [1.82, 2.24) is 10.3 Å². The van der Waals surface area contributed by atoms with Crippen molar-refractivity contribution in [2.75, 3.05) is 6.61 Å². The van der Waals surface area contributed by atoms with Gasteiger partial charge in [-0.3, -0.25) is 0 Å². The van der Waals surface area contributed by atoms with Crippen LogP contribution in [0.1, 0.15) is 52.0 Å². The molecule has 3 aliphatic carbocycles. The molecule has 3 aliphatic rings. The van der Waals surface area contributed by atoms with E-state index in [1.807, 2.05) is 20.8 Å². The Balaban J connectivity index is 1.43. The van der Waals surface area contributed by atoms with Gasteiger partial charge in [0.25, 0.3) is 6.43 Å². The molecule has 4 rings (SSSR count). The van der Waals surface area contributed by atoms with Crippen LogP contribution in [-0.2, 0) is 4.74 Å². The summed E-state index contributed by atoms with van der Waals surface area (Å²) in [4.78, 5) is 15.7. The average Bonchev–Trinajstić information content (AvgIpc) is 2.38. The lowest BCUT2D eigenvalue weighted by atomic mass is 9.39. The summed E-state index contributed by atoms with van der Waals surface area (Å²) < 4.78 is 35.8. The predicted molar refractivity (Wildman–Crippen MR) is 83.1 cm³/mol. The number of nitrogens with zero attached hydrogens (tertiary/aromatic N) is 1. The molecule has 1 aromatic rings. The van der Waals surface area contributed by atoms with Gasteiger partial charge in [-0.1, -0.05) is 0 Å². The summed E-state index contributed by atoms with van der Waals surface area (Å²) in [6, 6.07) is 2.78. The number of hydrogen-bond acceptors (Lipinski definition) is 4. The van der Waals surface area contributed by atoms with E-state index in [4.69, 9.17) is 9.47 Å². The van der Waals surface area contributed by atoms with Crippen molar-refractivity contribution >= 4 is 6.09 Å². The molecule has 0 unspecified atom stereocenters. The molecule has 1 aromatic heterocycles. The van der Waals surface area contributed by atoms with Crippen molar-refractivity contribution in [2.45, 2.75) is 57.6 Å². The Morgan fingerprint density at radius 3 is 2.50 bits per heavy atom. The number of pyridine rings is 1. The minimum Gasteiger partial charge on any atom is -0.477 e. The van der Waals surface area contributed by atoms with Crippen molar-refractivity contribution in [2.24, 2.45) is 5.41 Å². The highest BCUT2D eigenvalue weighted by Crippen LogP contribution is 2.67. The Hall–Kier alpha value is -1.92. The zero-order valence-electron chi connectivity index (χ0n) is 14.1. The number of carbonyl (C=O) groups is 1. The van der Waals surface area contributed by atoms with Gasteiger partial charge in [0, 0.05) is 28.8 Å². The smallest absolute Gasteiger partial charge is 0.408 e. The monoisotopic (exact) mass is 340 g/mol. The number of nitrogens with one attached hydrogen (secondary N) is 1. The third-order valence-corrected chi connectivity index (χ3v) is 4.44. The van der Waals surface area contributed by atoms with Crippen molar-refractivity contribution in [3.63, 3.8) is 0 Å². The van der Waals surface area contributed by atoms with Crippen LogP contribution in [0.15, 0.2) is 18.3 Å². The quantitative estimate of drug-likeness (QED) is 0.884. The number of halogens is 2. The number of carbonyl (C=O) groups excluding carboxylic acids is 1. The Kier molecular flexibility index (Phi) is 3.92. The van der Waals surface area contributed by atoms with Crippen molar-refractivity contribution in [1.29, 1.82) is 0 Å². The van der Waals surface area contributed by atoms with Gasteiger partial charge in [-0.25, -0.2) is 18.6 Å². The lowest BCUT2D eigenvalue weighted by molar-refractivity contribution is -0.171. The van der Waals surface area contributed by atoms with E-state index in [2.05, 4.69) is 10.3 Å². The van der Waals surface area contributed by atoms with Crippen molar-refractivity contribution < 1.29 is 23.0 Å². The Morgan fingerprint density at radius 1 is 1.33 bits per heavy atom. The Labute approximate surface area is 139 Å². The van der Waals surface area contributed by atoms with Gasteiger partial charge in [0.05, 0.1) is 6.61 Å². The second kappa shape index (κ2) is 5.57. The summed E-state index contributed by atoms with van der Waals surface area (Å²) in [6.07, 6.45) is 0.744. The molecule has 0 radical (unpaired) electrons. The van der Waals surface area contributed by atoms with Gasteiger partial charge >= 0.3 is 6.09 Å². The summed E-state index contributed by atoms with van der Waals surface area (Å²) in [5.41, 5.74) is -0.741. The fraction of sp³-hybridized carbons (Fsp3) is 0.647. The minimum absolute atomic E-state index is 0.0536. The van der Waals surface area contributed by atoms with Crippen LogP contribution in [0.25, 0.3) is 0 Å². The molecule has 1 N–H and O–H groups in total. The number of rotatable bonds is 5. The first kappa shape index (κ1) is 16.9. The number of alkyl carbamates (subject to hydrolysis) is 1. The third kappa shape index (κ3) is 3.44. The van der Waals surface area contributed by atoms with E-state index >= 15 is 0 Å². The zero-order valence-corrected chi connectivity index (χ0v) is 14.1. The van der Waals surface area contributed by atoms with E-state index in [1.54, 1.807) is 0 Å². The van der Waals surface area contributed by atoms with E-state index in [0.717, 1.165) is 25.5 Å². The highest BCUT2D eigenvalue weighted by atomic mass is 19.3. The Bertz CT molecular complexity index is 606. The molecule has 7 heteroatoms. The summed E-state index contributed by atoms with van der Waals surface area (Å²) >= 11 is 0. The highest BCUT2D eigenvalue weighted by Gasteiger charge is 2.69. The number of ether oxygens (including phenoxy) is 2. The maximum atomic E-state index is 12.5. The van der Waals surface area contributed by atoms with E-state index < -0.39 is 12.0 Å². The third-order valence-electron chi connectivity index (χ3n) is 4.44. The molecule has 132 valence electrons. The topological polar surface area (TPSA) is 60.5 Å². The maximum Gasteiger partial charge on any atom is 0.408 e. The summed E-state index contributed by atoms with van der Waals surface area (Å²) in [6.45, 7) is 5.97. The summed E-state index contributed by atoms with van der Waals surface area (Å²) in [7, 11) is 0. The molecule has 3 fully saturated rings. The first-order chi connectivity index (χ1) is 11.1. The first-order valence-corrected chi connectivity index (χ1v) is 7.99. The largest absolute Gasteiger partial charge is 0.477 e. The second-order valence-corrected chi connectivity index (χ2v) is 7.96. The molecule has 5 nitrogen and oxygen atoms in total. The molecule has 1 amide bonds. The second-order valence-electron chi connectivity index (χ2n) is 7.96. The number of hydrogen-bond donors (Lipinski definition) is 1. The fourth-order valence-electron chi connectivity index (χ4n) is 3.64. The van der Waals surface area contributed by atoms with Crippen LogP contribution >= 0.6 is 0 Å². The molecule has 0 saturated heterocycles. The van der Waals surface area contributed by atoms with Gasteiger partial charge in [0.2, 0.25) is 5.88 Å². The van der Waals surface area contributed by atoms with Crippen LogP contribution in [0.3, 0.4) is 0 Å². The molecule has 0 atom stereocenters. The van der Waals surface area contributed by atoms with E-state index in [-0.39, 0.29) is 22.6 Å². The van der Waals surface area contributed by atoms with E-state index in [0.29, 0.717) is 12.5 Å². The molecule has 0 spiro atoms. The molecule has 1 heterocycles. The summed E-state index contributed by atoms with van der Waals surface area (Å²) in [5.74, 6) is 0.346. The van der Waals surface area contributed by atoms with Crippen molar-refractivity contribution in [3.8, 4) is 5.88 Å². The molecule has 2 bridgehead atoms. The normalized spacial score (nSPS) is 27.9. The van der Waals surface area contributed by atoms with Crippen LogP contribution in [0.4, 0.5) is 13.6 Å². The maximum absolute atomic E-state index is 12.5. The fourth-order valence-corrected chi connectivity index (χ4v) is 3.64. The standard InChI is InChI=1S/C17H22F2N2O3/c1-15(2,3)24-14(22)21-17-7-16(8-17,9-17)10-23-12-5-4-11(6-20-12)13(18)19/h4-6,13H,7-10H2,1-3H3,(H,21,22). The van der Waals surface area contributed by atoms with E-state index in [1.165, 1.54) is 12.1 Å². The zero-order chi connectivity index (χ0) is 17.6. The SMILES string of the molecule is CC(C)(C)OC(=O)NC12CC(COc3ccc(C(F)F)cn3)(C1)C2. The number of amides is 1. The van der Waals surface area contributed by atoms with E-state index in [9.17, 15) is 13.6 Å². The number of alkyl halides is 2. The van der Waals surface area contributed by atoms with Gasteiger partial charge in [0.15, 0.2) is 0 Å². The molecule has 3 saturated carbocycles. The average molecular weight is 340 g/mol. The van der Waals surface area contributed by atoms with Gasteiger partial charge in [-0.05, 0) is 46.1 Å². The van der Waals surface area contributed by atoms with Crippen LogP contribution in [0, 0.1) is 5.41 Å².